The van der Waals surface area contributed by atoms with Crippen molar-refractivity contribution in [2.24, 2.45) is 5.92 Å². The molecule has 5 heteroatoms. The van der Waals surface area contributed by atoms with Crippen molar-refractivity contribution in [2.75, 3.05) is 11.9 Å². The highest BCUT2D eigenvalue weighted by Gasteiger charge is 2.22. The summed E-state index contributed by atoms with van der Waals surface area (Å²) in [7, 11) is 0. The molecule has 2 rings (SSSR count). The Morgan fingerprint density at radius 2 is 2.16 bits per heavy atom. The highest BCUT2D eigenvalue weighted by molar-refractivity contribution is 5.51. The molecule has 0 amide bonds. The fraction of sp³-hybridized carbons (Fsp3) is 0.571. The number of fused-ring (bicyclic) bond motifs is 1. The molecular weight excluding hydrogens is 240 g/mol. The average molecular weight is 262 g/mol. The maximum absolute atomic E-state index is 10.3. The summed E-state index contributed by atoms with van der Waals surface area (Å²) in [5.74, 6) is 1.32. The summed E-state index contributed by atoms with van der Waals surface area (Å²) in [4.78, 5) is 4.18. The number of nitrogens with zero attached hydrogens (tertiary/aromatic N) is 3. The van der Waals surface area contributed by atoms with E-state index in [1.807, 2.05) is 26.0 Å². The Morgan fingerprint density at radius 3 is 2.84 bits per heavy atom. The van der Waals surface area contributed by atoms with Crippen LogP contribution in [0.4, 0.5) is 5.82 Å². The lowest BCUT2D eigenvalue weighted by molar-refractivity contribution is 0.0514. The van der Waals surface area contributed by atoms with Crippen molar-refractivity contribution in [3.05, 3.63) is 24.0 Å². The highest BCUT2D eigenvalue weighted by atomic mass is 16.3. The average Bonchev–Trinajstić information content (AvgIpc) is 2.71. The number of hydrogen-bond donors (Lipinski definition) is 2. The molecule has 0 aromatic carbocycles. The Kier molecular flexibility index (Phi) is 3.75. The van der Waals surface area contributed by atoms with E-state index in [0.717, 1.165) is 23.4 Å². The topological polar surface area (TPSA) is 62.5 Å². The van der Waals surface area contributed by atoms with E-state index in [0.29, 0.717) is 12.5 Å². The largest absolute Gasteiger partial charge is 0.388 e. The van der Waals surface area contributed by atoms with Crippen molar-refractivity contribution in [1.29, 1.82) is 0 Å². The first-order valence-corrected chi connectivity index (χ1v) is 6.64. The van der Waals surface area contributed by atoms with Gasteiger partial charge in [0, 0.05) is 6.54 Å². The van der Waals surface area contributed by atoms with Crippen molar-refractivity contribution in [3.8, 4) is 0 Å². The van der Waals surface area contributed by atoms with Crippen molar-refractivity contribution in [3.63, 3.8) is 0 Å². The summed E-state index contributed by atoms with van der Waals surface area (Å²) in [6.07, 6.45) is 2.29. The normalized spacial score (nSPS) is 14.8. The Morgan fingerprint density at radius 1 is 1.42 bits per heavy atom. The molecule has 2 heterocycles. The summed E-state index contributed by atoms with van der Waals surface area (Å²) >= 11 is 0. The van der Waals surface area contributed by atoms with Gasteiger partial charge in [0.1, 0.15) is 12.1 Å². The molecule has 2 N–H and O–H groups in total. The molecule has 0 saturated carbocycles. The third-order valence-electron chi connectivity index (χ3n) is 3.02. The first-order chi connectivity index (χ1) is 8.87. The highest BCUT2D eigenvalue weighted by Crippen LogP contribution is 2.18. The third-order valence-corrected chi connectivity index (χ3v) is 3.02. The molecule has 0 spiro atoms. The summed E-state index contributed by atoms with van der Waals surface area (Å²) < 4.78 is 1.75. The lowest BCUT2D eigenvalue weighted by atomic mass is 9.94. The summed E-state index contributed by atoms with van der Waals surface area (Å²) in [5.41, 5.74) is 1.20. The van der Waals surface area contributed by atoms with Gasteiger partial charge in [-0.05, 0) is 43.9 Å². The number of anilines is 1. The summed E-state index contributed by atoms with van der Waals surface area (Å²) in [6, 6.07) is 3.98. The van der Waals surface area contributed by atoms with Gasteiger partial charge in [-0.15, -0.1) is 0 Å². The van der Waals surface area contributed by atoms with Gasteiger partial charge in [-0.2, -0.15) is 9.61 Å². The molecule has 0 fully saturated rings. The molecule has 104 valence electrons. The van der Waals surface area contributed by atoms with Crippen molar-refractivity contribution >= 4 is 11.5 Å². The van der Waals surface area contributed by atoms with Gasteiger partial charge in [-0.3, -0.25) is 0 Å². The van der Waals surface area contributed by atoms with Crippen LogP contribution in [-0.2, 0) is 0 Å². The van der Waals surface area contributed by atoms with Gasteiger partial charge in [0.25, 0.3) is 0 Å². The van der Waals surface area contributed by atoms with E-state index in [2.05, 4.69) is 29.2 Å². The quantitative estimate of drug-likeness (QED) is 0.867. The van der Waals surface area contributed by atoms with Crippen LogP contribution < -0.4 is 5.32 Å². The van der Waals surface area contributed by atoms with E-state index >= 15 is 0 Å². The monoisotopic (exact) mass is 262 g/mol. The van der Waals surface area contributed by atoms with E-state index in [4.69, 9.17) is 0 Å². The molecule has 0 aliphatic rings. The van der Waals surface area contributed by atoms with Crippen LogP contribution in [0.1, 0.15) is 32.8 Å². The maximum Gasteiger partial charge on any atom is 0.157 e. The van der Waals surface area contributed by atoms with Crippen LogP contribution in [0.2, 0.25) is 0 Å². The Bertz CT molecular complexity index is 560. The van der Waals surface area contributed by atoms with Gasteiger partial charge >= 0.3 is 0 Å². The number of aromatic nitrogens is 3. The first-order valence-electron chi connectivity index (χ1n) is 6.64. The van der Waals surface area contributed by atoms with E-state index in [1.165, 1.54) is 6.33 Å². The molecule has 0 aliphatic carbocycles. The first kappa shape index (κ1) is 13.8. The predicted octanol–water partition coefficient (Wildman–Crippen LogP) is 2.25. The smallest absolute Gasteiger partial charge is 0.157 e. The van der Waals surface area contributed by atoms with Crippen LogP contribution in [0, 0.1) is 12.8 Å². The zero-order valence-electron chi connectivity index (χ0n) is 12.0. The molecular formula is C14H22N4O. The number of pyridine rings is 1. The van der Waals surface area contributed by atoms with E-state index in [9.17, 15) is 5.11 Å². The second-order valence-corrected chi connectivity index (χ2v) is 5.90. The van der Waals surface area contributed by atoms with E-state index in [-0.39, 0.29) is 0 Å². The van der Waals surface area contributed by atoms with E-state index in [1.54, 1.807) is 4.52 Å². The van der Waals surface area contributed by atoms with Gasteiger partial charge < -0.3 is 10.4 Å². The van der Waals surface area contributed by atoms with Crippen molar-refractivity contribution in [2.45, 2.75) is 39.7 Å². The molecule has 2 aromatic rings. The minimum atomic E-state index is -0.731. The van der Waals surface area contributed by atoms with Crippen LogP contribution in [0.3, 0.4) is 0 Å². The molecule has 5 nitrogen and oxygen atoms in total. The lowest BCUT2D eigenvalue weighted by Crippen LogP contribution is -2.35. The van der Waals surface area contributed by atoms with Gasteiger partial charge in [0.2, 0.25) is 0 Å². The van der Waals surface area contributed by atoms with Gasteiger partial charge in [-0.1, -0.05) is 13.8 Å². The van der Waals surface area contributed by atoms with Crippen molar-refractivity contribution < 1.29 is 5.11 Å². The molecule has 0 radical (unpaired) electrons. The standard InChI is InChI=1S/C14H22N4O/c1-10(2)7-14(4,19)8-15-12-5-11(3)6-13-16-9-17-18(12)13/h5-6,9-10,15,19H,7-8H2,1-4H3. The van der Waals surface area contributed by atoms with Crippen LogP contribution in [0.15, 0.2) is 18.5 Å². The van der Waals surface area contributed by atoms with E-state index < -0.39 is 5.60 Å². The Hall–Kier alpha value is -1.62. The number of rotatable bonds is 5. The summed E-state index contributed by atoms with van der Waals surface area (Å²) in [5, 5.41) is 17.8. The molecule has 1 unspecified atom stereocenters. The lowest BCUT2D eigenvalue weighted by Gasteiger charge is -2.26. The molecule has 19 heavy (non-hydrogen) atoms. The van der Waals surface area contributed by atoms with Crippen LogP contribution in [-0.4, -0.2) is 31.9 Å². The SMILES string of the molecule is Cc1cc(NCC(C)(O)CC(C)C)n2ncnc2c1. The van der Waals surface area contributed by atoms with Crippen LogP contribution in [0.25, 0.3) is 5.65 Å². The minimum absolute atomic E-state index is 0.459. The minimum Gasteiger partial charge on any atom is -0.388 e. The Balaban J connectivity index is 2.15. The molecule has 0 bridgehead atoms. The van der Waals surface area contributed by atoms with Gasteiger partial charge in [-0.25, -0.2) is 4.98 Å². The van der Waals surface area contributed by atoms with Crippen LogP contribution in [0.5, 0.6) is 0 Å². The molecule has 0 aliphatic heterocycles. The number of nitrogens with one attached hydrogen (secondary N) is 1. The number of aliphatic hydroxyl groups is 1. The second-order valence-electron chi connectivity index (χ2n) is 5.90. The molecule has 0 saturated heterocycles. The summed E-state index contributed by atoms with van der Waals surface area (Å²) in [6.45, 7) is 8.58. The molecule has 2 aromatic heterocycles. The predicted molar refractivity (Wildman–Crippen MR) is 76.3 cm³/mol. The van der Waals surface area contributed by atoms with Crippen LogP contribution >= 0.6 is 0 Å². The fourth-order valence-corrected chi connectivity index (χ4v) is 2.42. The van der Waals surface area contributed by atoms with Crippen molar-refractivity contribution in [1.82, 2.24) is 14.6 Å². The zero-order chi connectivity index (χ0) is 14.0. The zero-order valence-corrected chi connectivity index (χ0v) is 12.0. The molecule has 1 atom stereocenters. The fourth-order valence-electron chi connectivity index (χ4n) is 2.42. The number of hydrogen-bond acceptors (Lipinski definition) is 4. The number of aryl methyl sites for hydroxylation is 1. The van der Waals surface area contributed by atoms with Gasteiger partial charge in [0.15, 0.2) is 5.65 Å². The maximum atomic E-state index is 10.3. The Labute approximate surface area is 113 Å². The third kappa shape index (κ3) is 3.44. The van der Waals surface area contributed by atoms with Gasteiger partial charge in [0.05, 0.1) is 5.60 Å². The second kappa shape index (κ2) is 5.17.